The number of amides is 1. The van der Waals surface area contributed by atoms with E-state index < -0.39 is 11.9 Å². The summed E-state index contributed by atoms with van der Waals surface area (Å²) in [7, 11) is 1.20. The lowest BCUT2D eigenvalue weighted by molar-refractivity contribution is -0.136. The molecule has 1 aliphatic rings. The summed E-state index contributed by atoms with van der Waals surface area (Å²) < 4.78 is 4.71. The molecule has 0 spiro atoms. The van der Waals surface area contributed by atoms with Crippen LogP contribution in [0.4, 0.5) is 5.69 Å². The fourth-order valence-electron chi connectivity index (χ4n) is 2.60. The van der Waals surface area contributed by atoms with Crippen LogP contribution >= 0.6 is 0 Å². The smallest absolute Gasteiger partial charge is 0.337 e. The number of anilines is 1. The van der Waals surface area contributed by atoms with Crippen LogP contribution in [-0.2, 0) is 14.3 Å². The van der Waals surface area contributed by atoms with Gasteiger partial charge in [0.05, 0.1) is 25.8 Å². The van der Waals surface area contributed by atoms with Crippen molar-refractivity contribution in [2.24, 2.45) is 0 Å². The van der Waals surface area contributed by atoms with Crippen molar-refractivity contribution in [1.29, 1.82) is 0 Å². The Morgan fingerprint density at radius 3 is 2.19 bits per heavy atom. The van der Waals surface area contributed by atoms with Gasteiger partial charge in [0.2, 0.25) is 0 Å². The molecule has 1 aromatic carbocycles. The Morgan fingerprint density at radius 2 is 1.73 bits per heavy atom. The van der Waals surface area contributed by atoms with E-state index >= 15 is 0 Å². The molecule has 2 N–H and O–H groups in total. The number of methoxy groups -OCH3 is 1. The largest absolute Gasteiger partial charge is 0.466 e. The van der Waals surface area contributed by atoms with E-state index in [0.717, 1.165) is 0 Å². The average molecular weight is 360 g/mol. The summed E-state index contributed by atoms with van der Waals surface area (Å²) in [6.07, 6.45) is 0. The van der Waals surface area contributed by atoms with Crippen LogP contribution in [-0.4, -0.2) is 60.3 Å². The van der Waals surface area contributed by atoms with Gasteiger partial charge in [-0.1, -0.05) is 0 Å². The summed E-state index contributed by atoms with van der Waals surface area (Å²) in [5, 5.41) is 11.9. The van der Waals surface area contributed by atoms with E-state index in [4.69, 9.17) is 9.84 Å². The minimum absolute atomic E-state index is 0.000362. The van der Waals surface area contributed by atoms with Crippen LogP contribution in [0.3, 0.4) is 0 Å². The molecule has 0 radical (unpaired) electrons. The molecule has 0 fully saturated rings. The first-order valence-electron chi connectivity index (χ1n) is 7.94. The van der Waals surface area contributed by atoms with Gasteiger partial charge in [0, 0.05) is 23.4 Å². The van der Waals surface area contributed by atoms with Gasteiger partial charge in [-0.25, -0.2) is 4.79 Å². The molecule has 0 bridgehead atoms. The number of aliphatic hydroxyl groups is 1. The number of Topliss-reactive ketones (excluding diaryl/α,β-unsaturated/α-hetero) is 2. The molecule has 1 heterocycles. The van der Waals surface area contributed by atoms with Gasteiger partial charge >= 0.3 is 5.97 Å². The number of carbonyl (C=O) groups excluding carboxylic acids is 4. The van der Waals surface area contributed by atoms with Crippen molar-refractivity contribution >= 4 is 29.1 Å². The van der Waals surface area contributed by atoms with Crippen LogP contribution in [0.15, 0.2) is 29.5 Å². The number of hydrogen-bond donors (Lipinski definition) is 2. The van der Waals surface area contributed by atoms with Crippen LogP contribution in [0, 0.1) is 0 Å². The van der Waals surface area contributed by atoms with Crippen LogP contribution < -0.4 is 5.32 Å². The molecule has 0 saturated carbocycles. The second-order valence-electron chi connectivity index (χ2n) is 5.83. The van der Waals surface area contributed by atoms with E-state index in [1.54, 1.807) is 0 Å². The van der Waals surface area contributed by atoms with Crippen molar-refractivity contribution in [1.82, 2.24) is 4.90 Å². The molecule has 1 amide bonds. The van der Waals surface area contributed by atoms with Gasteiger partial charge in [-0.3, -0.25) is 14.4 Å². The number of carbonyl (C=O) groups is 4. The lowest BCUT2D eigenvalue weighted by atomic mass is 10.0. The number of aliphatic hydroxyl groups excluding tert-OH is 1. The molecule has 1 aromatic rings. The first-order chi connectivity index (χ1) is 12.3. The molecule has 0 atom stereocenters. The summed E-state index contributed by atoms with van der Waals surface area (Å²) in [5.41, 5.74) is 1.05. The second-order valence-corrected chi connectivity index (χ2v) is 5.83. The molecular weight excluding hydrogens is 340 g/mol. The summed E-state index contributed by atoms with van der Waals surface area (Å²) in [5.74, 6) is -1.62. The fourth-order valence-corrected chi connectivity index (χ4v) is 2.60. The Morgan fingerprint density at radius 1 is 1.15 bits per heavy atom. The van der Waals surface area contributed by atoms with E-state index in [1.807, 2.05) is 0 Å². The Hall–Kier alpha value is -3.00. The molecule has 8 heteroatoms. The van der Waals surface area contributed by atoms with Gasteiger partial charge in [-0.05, 0) is 32.0 Å². The lowest BCUT2D eigenvalue weighted by Gasteiger charge is -2.15. The highest BCUT2D eigenvalue weighted by molar-refractivity contribution is 6.09. The number of β-amino-alcohol motifs (C(OH)–C–C–N with tert-alkyl or cyclic N) is 1. The maximum Gasteiger partial charge on any atom is 0.337 e. The van der Waals surface area contributed by atoms with E-state index in [1.165, 1.54) is 44.1 Å². The number of nitrogens with one attached hydrogen (secondary N) is 1. The van der Waals surface area contributed by atoms with Gasteiger partial charge in [-0.2, -0.15) is 0 Å². The molecule has 2 rings (SSSR count). The highest BCUT2D eigenvalue weighted by atomic mass is 16.5. The first kappa shape index (κ1) is 19.3. The zero-order chi connectivity index (χ0) is 19.4. The summed E-state index contributed by atoms with van der Waals surface area (Å²) in [6, 6.07) is 4.47. The molecular formula is C18H20N2O6. The molecule has 0 unspecified atom stereocenters. The predicted molar refractivity (Wildman–Crippen MR) is 92.8 cm³/mol. The van der Waals surface area contributed by atoms with Crippen LogP contribution in [0.25, 0.3) is 0 Å². The van der Waals surface area contributed by atoms with E-state index in [0.29, 0.717) is 16.8 Å². The SMILES string of the molecule is COC(=O)C1=C(Nc2cc(C(C)=O)cc(C(C)=O)c2)C(=O)N(CCO)C1. The Labute approximate surface area is 150 Å². The van der Waals surface area contributed by atoms with E-state index in [2.05, 4.69) is 5.32 Å². The quantitative estimate of drug-likeness (QED) is 0.545. The van der Waals surface area contributed by atoms with Crippen molar-refractivity contribution < 1.29 is 29.0 Å². The van der Waals surface area contributed by atoms with Crippen LogP contribution in [0.2, 0.25) is 0 Å². The third-order valence-electron chi connectivity index (χ3n) is 3.97. The number of rotatable bonds is 7. The zero-order valence-electron chi connectivity index (χ0n) is 14.8. The molecule has 0 aliphatic carbocycles. The lowest BCUT2D eigenvalue weighted by Crippen LogP contribution is -2.31. The number of hydrogen-bond acceptors (Lipinski definition) is 7. The van der Waals surface area contributed by atoms with Crippen molar-refractivity contribution in [2.45, 2.75) is 13.8 Å². The molecule has 138 valence electrons. The van der Waals surface area contributed by atoms with Gasteiger partial charge in [0.25, 0.3) is 5.91 Å². The number of esters is 1. The van der Waals surface area contributed by atoms with Crippen LogP contribution in [0.1, 0.15) is 34.6 Å². The maximum absolute atomic E-state index is 12.5. The van der Waals surface area contributed by atoms with Crippen molar-refractivity contribution in [3.63, 3.8) is 0 Å². The Kier molecular flexibility index (Phi) is 5.89. The van der Waals surface area contributed by atoms with Crippen LogP contribution in [0.5, 0.6) is 0 Å². The number of ketones is 2. The predicted octanol–water partition coefficient (Wildman–Crippen LogP) is 0.765. The van der Waals surface area contributed by atoms with E-state index in [9.17, 15) is 19.2 Å². The Balaban J connectivity index is 2.46. The highest BCUT2D eigenvalue weighted by Gasteiger charge is 2.34. The minimum atomic E-state index is -0.671. The summed E-state index contributed by atoms with van der Waals surface area (Å²) >= 11 is 0. The molecule has 26 heavy (non-hydrogen) atoms. The normalized spacial score (nSPS) is 13.8. The molecule has 0 aromatic heterocycles. The van der Waals surface area contributed by atoms with Crippen molar-refractivity contribution in [3.8, 4) is 0 Å². The topological polar surface area (TPSA) is 113 Å². The fraction of sp³-hybridized carbons (Fsp3) is 0.333. The van der Waals surface area contributed by atoms with Gasteiger partial charge in [0.1, 0.15) is 5.70 Å². The van der Waals surface area contributed by atoms with Gasteiger partial charge in [0.15, 0.2) is 11.6 Å². The third-order valence-corrected chi connectivity index (χ3v) is 3.97. The standard InChI is InChI=1S/C18H20N2O6/c1-10(22)12-6-13(11(2)23)8-14(7-12)19-16-15(18(25)26-3)9-20(4-5-21)17(16)24/h6-8,19,21H,4-5,9H2,1-3H3. The molecule has 0 saturated heterocycles. The van der Waals surface area contributed by atoms with Gasteiger partial charge < -0.3 is 20.1 Å². The monoisotopic (exact) mass is 360 g/mol. The number of nitrogens with zero attached hydrogens (tertiary/aromatic N) is 1. The highest BCUT2D eigenvalue weighted by Crippen LogP contribution is 2.24. The molecule has 8 nitrogen and oxygen atoms in total. The van der Waals surface area contributed by atoms with E-state index in [-0.39, 0.29) is 42.5 Å². The summed E-state index contributed by atoms with van der Waals surface area (Å²) in [4.78, 5) is 49.2. The zero-order valence-corrected chi connectivity index (χ0v) is 14.8. The van der Waals surface area contributed by atoms with Gasteiger partial charge in [-0.15, -0.1) is 0 Å². The Bertz CT molecular complexity index is 780. The maximum atomic E-state index is 12.5. The third kappa shape index (κ3) is 3.97. The van der Waals surface area contributed by atoms with Crippen molar-refractivity contribution in [3.05, 3.63) is 40.6 Å². The summed E-state index contributed by atoms with van der Waals surface area (Å²) in [6.45, 7) is 2.55. The van der Waals surface area contributed by atoms with Crippen molar-refractivity contribution in [2.75, 3.05) is 32.1 Å². The minimum Gasteiger partial charge on any atom is -0.466 e. The second kappa shape index (κ2) is 7.92. The molecule has 1 aliphatic heterocycles. The number of ether oxygens (including phenoxy) is 1. The average Bonchev–Trinajstić information content (AvgIpc) is 2.90. The number of benzene rings is 1. The first-order valence-corrected chi connectivity index (χ1v) is 7.94.